The molecule has 4 aromatic rings. The highest BCUT2D eigenvalue weighted by Gasteiger charge is 2.15. The Kier molecular flexibility index (Phi) is 5.33. The molecular weight excluding hydrogens is 382 g/mol. The number of carbonyl (C=O) groups excluding carboxylic acids is 2. The van der Waals surface area contributed by atoms with Crippen LogP contribution in [0.15, 0.2) is 79.6 Å². The van der Waals surface area contributed by atoms with Crippen LogP contribution in [0.4, 0.5) is 11.4 Å². The number of anilines is 2. The Morgan fingerprint density at radius 2 is 1.63 bits per heavy atom. The Labute approximate surface area is 172 Å². The number of benzene rings is 2. The summed E-state index contributed by atoms with van der Waals surface area (Å²) in [5.41, 5.74) is 2.65. The van der Waals surface area contributed by atoms with E-state index < -0.39 is 6.04 Å². The second-order valence-corrected chi connectivity index (χ2v) is 6.57. The Morgan fingerprint density at radius 1 is 0.933 bits per heavy atom. The van der Waals surface area contributed by atoms with Crippen LogP contribution in [0, 0.1) is 0 Å². The first-order valence-corrected chi connectivity index (χ1v) is 9.26. The fraction of sp³-hybridized carbons (Fsp3) is 0.0952. The van der Waals surface area contributed by atoms with Crippen LogP contribution in [-0.4, -0.2) is 36.4 Å². The molecule has 0 aliphatic rings. The number of nitrogens with zero attached hydrogens (tertiary/aromatic N) is 5. The molecule has 2 amide bonds. The van der Waals surface area contributed by atoms with E-state index in [1.54, 1.807) is 54.2 Å². The summed E-state index contributed by atoms with van der Waals surface area (Å²) in [4.78, 5) is 28.6. The van der Waals surface area contributed by atoms with Crippen LogP contribution in [0.1, 0.15) is 23.3 Å². The maximum absolute atomic E-state index is 12.5. The first-order chi connectivity index (χ1) is 14.6. The van der Waals surface area contributed by atoms with Crippen molar-refractivity contribution < 1.29 is 9.59 Å². The molecule has 0 radical (unpaired) electrons. The molecule has 4 rings (SSSR count). The zero-order valence-electron chi connectivity index (χ0n) is 16.1. The lowest BCUT2D eigenvalue weighted by atomic mass is 10.2. The first kappa shape index (κ1) is 19.1. The van der Waals surface area contributed by atoms with Crippen molar-refractivity contribution >= 4 is 23.2 Å². The summed E-state index contributed by atoms with van der Waals surface area (Å²) >= 11 is 0. The largest absolute Gasteiger partial charge is 0.324 e. The fourth-order valence-electron chi connectivity index (χ4n) is 2.81. The van der Waals surface area contributed by atoms with E-state index in [0.717, 1.165) is 5.69 Å². The van der Waals surface area contributed by atoms with Gasteiger partial charge in [-0.25, -0.2) is 14.3 Å². The second-order valence-electron chi connectivity index (χ2n) is 6.57. The van der Waals surface area contributed by atoms with E-state index in [9.17, 15) is 9.59 Å². The van der Waals surface area contributed by atoms with Crippen LogP contribution in [0.25, 0.3) is 5.69 Å². The van der Waals surface area contributed by atoms with Crippen molar-refractivity contribution in [2.24, 2.45) is 0 Å². The topological polar surface area (TPSA) is 107 Å². The quantitative estimate of drug-likeness (QED) is 0.517. The summed E-state index contributed by atoms with van der Waals surface area (Å²) in [5, 5.41) is 13.8. The highest BCUT2D eigenvalue weighted by molar-refractivity contribution is 6.04. The van der Waals surface area contributed by atoms with Crippen LogP contribution >= 0.6 is 0 Å². The summed E-state index contributed by atoms with van der Waals surface area (Å²) in [5.74, 6) is -0.437. The minimum absolute atomic E-state index is 0.213. The second kappa shape index (κ2) is 8.39. The van der Waals surface area contributed by atoms with Crippen LogP contribution in [0.5, 0.6) is 0 Å². The predicted octanol–water partition coefficient (Wildman–Crippen LogP) is 2.92. The lowest BCUT2D eigenvalue weighted by Crippen LogP contribution is -2.24. The number of hydrogen-bond donors (Lipinski definition) is 2. The van der Waals surface area contributed by atoms with Gasteiger partial charge in [0.05, 0.1) is 5.69 Å². The Bertz CT molecular complexity index is 1120. The molecule has 2 N–H and O–H groups in total. The molecule has 2 heterocycles. The summed E-state index contributed by atoms with van der Waals surface area (Å²) in [6, 6.07) is 15.4. The normalized spacial score (nSPS) is 11.6. The molecule has 150 valence electrons. The van der Waals surface area contributed by atoms with Crippen molar-refractivity contribution in [3.63, 3.8) is 0 Å². The van der Waals surface area contributed by atoms with Crippen molar-refractivity contribution in [1.29, 1.82) is 0 Å². The smallest absolute Gasteiger partial charge is 0.255 e. The van der Waals surface area contributed by atoms with Gasteiger partial charge in [-0.15, -0.1) is 0 Å². The van der Waals surface area contributed by atoms with Crippen LogP contribution in [-0.2, 0) is 4.79 Å². The molecule has 0 fully saturated rings. The molecule has 1 atom stereocenters. The third kappa shape index (κ3) is 4.25. The molecule has 1 unspecified atom stereocenters. The third-order valence-electron chi connectivity index (χ3n) is 4.52. The van der Waals surface area contributed by atoms with Gasteiger partial charge in [-0.1, -0.05) is 0 Å². The van der Waals surface area contributed by atoms with E-state index in [-0.39, 0.29) is 11.8 Å². The van der Waals surface area contributed by atoms with Gasteiger partial charge in [0.2, 0.25) is 5.91 Å². The van der Waals surface area contributed by atoms with Crippen LogP contribution < -0.4 is 10.6 Å². The predicted molar refractivity (Wildman–Crippen MR) is 111 cm³/mol. The van der Waals surface area contributed by atoms with Gasteiger partial charge in [0.1, 0.15) is 18.7 Å². The Morgan fingerprint density at radius 3 is 2.23 bits per heavy atom. The summed E-state index contributed by atoms with van der Waals surface area (Å²) in [6.07, 6.45) is 6.40. The molecule has 2 aromatic carbocycles. The first-order valence-electron chi connectivity index (χ1n) is 9.26. The van der Waals surface area contributed by atoms with Gasteiger partial charge < -0.3 is 10.6 Å². The maximum atomic E-state index is 12.5. The number of carbonyl (C=O) groups is 2. The van der Waals surface area contributed by atoms with E-state index in [1.807, 2.05) is 24.4 Å². The Hall–Kier alpha value is -4.27. The van der Waals surface area contributed by atoms with Gasteiger partial charge in [0.15, 0.2) is 0 Å². The van der Waals surface area contributed by atoms with Gasteiger partial charge in [-0.2, -0.15) is 10.2 Å². The number of hydrogen-bond acceptors (Lipinski definition) is 5. The lowest BCUT2D eigenvalue weighted by molar-refractivity contribution is -0.119. The van der Waals surface area contributed by atoms with Gasteiger partial charge >= 0.3 is 0 Å². The Balaban J connectivity index is 1.36. The van der Waals surface area contributed by atoms with Gasteiger partial charge in [0.25, 0.3) is 5.91 Å². The molecule has 0 aliphatic carbocycles. The van der Waals surface area contributed by atoms with Gasteiger partial charge in [0, 0.05) is 29.3 Å². The summed E-state index contributed by atoms with van der Waals surface area (Å²) in [6.45, 7) is 1.73. The monoisotopic (exact) mass is 401 g/mol. The van der Waals surface area contributed by atoms with Crippen LogP contribution in [0.3, 0.4) is 0 Å². The number of rotatable bonds is 6. The average molecular weight is 401 g/mol. The number of aromatic nitrogens is 5. The number of amides is 2. The molecule has 2 aromatic heterocycles. The summed E-state index contributed by atoms with van der Waals surface area (Å²) in [7, 11) is 0. The molecule has 0 bridgehead atoms. The van der Waals surface area contributed by atoms with E-state index in [2.05, 4.69) is 25.8 Å². The minimum Gasteiger partial charge on any atom is -0.324 e. The van der Waals surface area contributed by atoms with Crippen molar-refractivity contribution in [3.05, 3.63) is 85.2 Å². The molecule has 0 aliphatic heterocycles. The SMILES string of the molecule is CC(C(=O)Nc1ccc(NC(=O)c2ccc(-n3cccn3)cc2)cc1)n1cncn1. The van der Waals surface area contributed by atoms with E-state index in [4.69, 9.17) is 0 Å². The number of nitrogens with one attached hydrogen (secondary N) is 2. The van der Waals surface area contributed by atoms with E-state index >= 15 is 0 Å². The van der Waals surface area contributed by atoms with E-state index in [0.29, 0.717) is 16.9 Å². The van der Waals surface area contributed by atoms with Crippen molar-refractivity contribution in [3.8, 4) is 5.69 Å². The highest BCUT2D eigenvalue weighted by atomic mass is 16.2. The zero-order chi connectivity index (χ0) is 20.9. The molecular formula is C21H19N7O2. The average Bonchev–Trinajstić information content (AvgIpc) is 3.49. The van der Waals surface area contributed by atoms with E-state index in [1.165, 1.54) is 17.3 Å². The minimum atomic E-state index is -0.489. The fourth-order valence-corrected chi connectivity index (χ4v) is 2.81. The molecule has 0 saturated carbocycles. The molecule has 30 heavy (non-hydrogen) atoms. The van der Waals surface area contributed by atoms with Gasteiger partial charge in [-0.3, -0.25) is 9.59 Å². The zero-order valence-corrected chi connectivity index (χ0v) is 16.1. The highest BCUT2D eigenvalue weighted by Crippen LogP contribution is 2.17. The molecule has 9 heteroatoms. The van der Waals surface area contributed by atoms with Crippen molar-refractivity contribution in [2.45, 2.75) is 13.0 Å². The van der Waals surface area contributed by atoms with Crippen molar-refractivity contribution in [1.82, 2.24) is 24.5 Å². The lowest BCUT2D eigenvalue weighted by Gasteiger charge is -2.12. The summed E-state index contributed by atoms with van der Waals surface area (Å²) < 4.78 is 3.19. The third-order valence-corrected chi connectivity index (χ3v) is 4.52. The van der Waals surface area contributed by atoms with Crippen molar-refractivity contribution in [2.75, 3.05) is 10.6 Å². The standard InChI is InChI=1S/C21H19N7O2/c1-15(28-14-22-13-24-28)20(29)25-17-5-7-18(8-6-17)26-21(30)16-3-9-19(10-4-16)27-12-2-11-23-27/h2-15H,1H3,(H,25,29)(H,26,30). The van der Waals surface area contributed by atoms with Crippen LogP contribution in [0.2, 0.25) is 0 Å². The maximum Gasteiger partial charge on any atom is 0.255 e. The molecule has 0 saturated heterocycles. The molecule has 0 spiro atoms. The van der Waals surface area contributed by atoms with Gasteiger partial charge in [-0.05, 0) is 61.5 Å². The molecule has 9 nitrogen and oxygen atoms in total.